The number of benzene rings is 1. The Morgan fingerprint density at radius 1 is 1.24 bits per heavy atom. The standard InChI is InChI=1S/C28H43N5O4S/c1-19-17-21(32(7)26(35)37-27(3,4)5)18-20(2)22(19)10-16-38(36)33-14-11-28(12-15-33)25(34)29-24(30-28)23-9-8-13-31(23)6/h17-18,23H,8-16H2,1-7H3,(H,29,30,34). The quantitative estimate of drug-likeness (QED) is 0.551. The van der Waals surface area contributed by atoms with Crippen molar-refractivity contribution in [3.8, 4) is 0 Å². The van der Waals surface area contributed by atoms with Gasteiger partial charge in [-0.15, -0.1) is 4.31 Å². The second-order valence-corrected chi connectivity index (χ2v) is 13.5. The van der Waals surface area contributed by atoms with E-state index in [2.05, 4.69) is 17.3 Å². The van der Waals surface area contributed by atoms with Crippen molar-refractivity contribution in [1.29, 1.82) is 0 Å². The lowest BCUT2D eigenvalue weighted by Crippen LogP contribution is -2.51. The molecule has 2 atom stereocenters. The smallest absolute Gasteiger partial charge is 0.414 e. The van der Waals surface area contributed by atoms with Gasteiger partial charge in [0.25, 0.3) is 5.91 Å². The maximum absolute atomic E-state index is 13.2. The van der Waals surface area contributed by atoms with Crippen LogP contribution in [0.5, 0.6) is 0 Å². The van der Waals surface area contributed by atoms with Crippen LogP contribution in [0.15, 0.2) is 17.1 Å². The summed E-state index contributed by atoms with van der Waals surface area (Å²) in [5.74, 6) is 1.33. The van der Waals surface area contributed by atoms with Crippen molar-refractivity contribution in [3.05, 3.63) is 28.8 Å². The molecule has 4 rings (SSSR count). The van der Waals surface area contributed by atoms with Crippen LogP contribution in [0.25, 0.3) is 0 Å². The van der Waals surface area contributed by atoms with Crippen molar-refractivity contribution >= 4 is 34.9 Å². The molecule has 0 aromatic heterocycles. The van der Waals surface area contributed by atoms with Gasteiger partial charge in [-0.2, -0.15) is 0 Å². The van der Waals surface area contributed by atoms with Crippen LogP contribution in [0.1, 0.15) is 63.1 Å². The molecule has 2 fully saturated rings. The Morgan fingerprint density at radius 2 is 1.87 bits per heavy atom. The molecule has 0 bridgehead atoms. The lowest BCUT2D eigenvalue weighted by molar-refractivity contribution is -0.124. The third kappa shape index (κ3) is 6.19. The summed E-state index contributed by atoms with van der Waals surface area (Å²) in [5.41, 5.74) is 2.79. The van der Waals surface area contributed by atoms with Crippen LogP contribution in [-0.2, 0) is 27.3 Å². The minimum atomic E-state index is -1.14. The number of nitrogens with one attached hydrogen (secondary N) is 1. The van der Waals surface area contributed by atoms with Gasteiger partial charge in [-0.25, -0.2) is 4.79 Å². The molecule has 210 valence electrons. The molecule has 1 spiro atoms. The average Bonchev–Trinajstić information content (AvgIpc) is 3.40. The normalized spacial score (nSPS) is 22.9. The van der Waals surface area contributed by atoms with Crippen molar-refractivity contribution in [2.24, 2.45) is 4.99 Å². The molecular formula is C28H43N5O4S. The zero-order valence-electron chi connectivity index (χ0n) is 23.9. The first-order valence-corrected chi connectivity index (χ1v) is 14.9. The third-order valence-electron chi connectivity index (χ3n) is 7.93. The van der Waals surface area contributed by atoms with Crippen LogP contribution < -0.4 is 10.2 Å². The van der Waals surface area contributed by atoms with Crippen molar-refractivity contribution in [2.45, 2.75) is 83.9 Å². The van der Waals surface area contributed by atoms with Crippen LogP contribution in [0.4, 0.5) is 10.5 Å². The molecule has 2 unspecified atom stereocenters. The maximum atomic E-state index is 13.2. The summed E-state index contributed by atoms with van der Waals surface area (Å²) < 4.78 is 20.7. The number of hydrogen-bond donors (Lipinski definition) is 1. The highest BCUT2D eigenvalue weighted by Crippen LogP contribution is 2.33. The Kier molecular flexibility index (Phi) is 8.47. The second-order valence-electron chi connectivity index (χ2n) is 11.9. The molecule has 1 aromatic carbocycles. The van der Waals surface area contributed by atoms with Gasteiger partial charge < -0.3 is 14.6 Å². The Bertz CT molecular complexity index is 1070. The van der Waals surface area contributed by atoms with Gasteiger partial charge in [0.1, 0.15) is 22.7 Å². The van der Waals surface area contributed by atoms with Crippen molar-refractivity contribution in [2.75, 3.05) is 44.4 Å². The minimum absolute atomic E-state index is 0.000853. The highest BCUT2D eigenvalue weighted by Gasteiger charge is 2.49. The van der Waals surface area contributed by atoms with Crippen LogP contribution in [-0.4, -0.2) is 88.3 Å². The number of piperidine rings is 1. The van der Waals surface area contributed by atoms with Gasteiger partial charge in [0.05, 0.1) is 6.04 Å². The zero-order valence-corrected chi connectivity index (χ0v) is 24.7. The van der Waals surface area contributed by atoms with E-state index in [0.717, 1.165) is 47.6 Å². The van der Waals surface area contributed by atoms with Crippen LogP contribution >= 0.6 is 0 Å². The number of hydrogen-bond acceptors (Lipinski definition) is 7. The molecule has 38 heavy (non-hydrogen) atoms. The number of rotatable bonds is 6. The van der Waals surface area contributed by atoms with E-state index >= 15 is 0 Å². The van der Waals surface area contributed by atoms with Crippen molar-refractivity contribution < 1.29 is 18.9 Å². The molecule has 9 nitrogen and oxygen atoms in total. The number of anilines is 1. The fourth-order valence-electron chi connectivity index (χ4n) is 5.67. The maximum Gasteiger partial charge on any atom is 0.414 e. The van der Waals surface area contributed by atoms with Gasteiger partial charge in [0.2, 0.25) is 0 Å². The summed E-state index contributed by atoms with van der Waals surface area (Å²) in [7, 11) is 3.79. The van der Waals surface area contributed by atoms with Gasteiger partial charge in [-0.1, -0.05) is 0 Å². The van der Waals surface area contributed by atoms with E-state index in [4.69, 9.17) is 9.73 Å². The molecular weight excluding hydrogens is 502 g/mol. The van der Waals surface area contributed by atoms with Gasteiger partial charge >= 0.3 is 6.09 Å². The van der Waals surface area contributed by atoms with Crippen molar-refractivity contribution in [3.63, 3.8) is 0 Å². The zero-order chi connectivity index (χ0) is 27.8. The predicted molar refractivity (Wildman–Crippen MR) is 152 cm³/mol. The predicted octanol–water partition coefficient (Wildman–Crippen LogP) is 3.34. The molecule has 1 N–H and O–H groups in total. The van der Waals surface area contributed by atoms with E-state index in [1.165, 1.54) is 4.90 Å². The third-order valence-corrected chi connectivity index (χ3v) is 9.43. The number of amides is 2. The number of ether oxygens (including phenoxy) is 1. The molecule has 0 radical (unpaired) electrons. The number of likely N-dealkylation sites (tertiary alicyclic amines) is 1. The largest absolute Gasteiger partial charge is 0.598 e. The topological polar surface area (TPSA) is 101 Å². The van der Waals surface area contributed by atoms with Crippen molar-refractivity contribution in [1.82, 2.24) is 14.5 Å². The van der Waals surface area contributed by atoms with Gasteiger partial charge in [-0.05, 0) is 103 Å². The molecule has 2 saturated heterocycles. The van der Waals surface area contributed by atoms with Gasteiger partial charge in [-0.3, -0.25) is 19.6 Å². The Labute approximate surface area is 230 Å². The lowest BCUT2D eigenvalue weighted by Gasteiger charge is -2.35. The summed E-state index contributed by atoms with van der Waals surface area (Å²) in [6.45, 7) is 11.8. The highest BCUT2D eigenvalue weighted by molar-refractivity contribution is 7.89. The number of carbonyl (C=O) groups is 2. The number of aliphatic imine (C=N–C) groups is 1. The molecule has 0 aliphatic carbocycles. The Morgan fingerprint density at radius 3 is 2.42 bits per heavy atom. The average molecular weight is 546 g/mol. The Hall–Kier alpha value is -2.14. The Balaban J connectivity index is 1.33. The highest BCUT2D eigenvalue weighted by atomic mass is 32.2. The number of likely N-dealkylation sites (N-methyl/N-ethyl adjacent to an activating group) is 1. The van der Waals surface area contributed by atoms with E-state index in [0.29, 0.717) is 38.1 Å². The number of amidine groups is 1. The summed E-state index contributed by atoms with van der Waals surface area (Å²) in [5, 5.41) is 3.06. The summed E-state index contributed by atoms with van der Waals surface area (Å²) in [4.78, 5) is 34.1. The van der Waals surface area contributed by atoms with Crippen LogP contribution in [0.2, 0.25) is 0 Å². The van der Waals surface area contributed by atoms with Crippen LogP contribution in [0, 0.1) is 13.8 Å². The van der Waals surface area contributed by atoms with E-state index in [9.17, 15) is 14.1 Å². The monoisotopic (exact) mass is 545 g/mol. The van der Waals surface area contributed by atoms with Crippen LogP contribution in [0.3, 0.4) is 0 Å². The molecule has 0 saturated carbocycles. The fourth-order valence-corrected chi connectivity index (χ4v) is 6.89. The summed E-state index contributed by atoms with van der Waals surface area (Å²) >= 11 is -1.14. The second kappa shape index (κ2) is 11.2. The molecule has 10 heteroatoms. The van der Waals surface area contributed by atoms with E-state index < -0.39 is 28.6 Å². The number of aryl methyl sites for hydroxylation is 2. The number of nitrogens with zero attached hydrogens (tertiary/aromatic N) is 4. The molecule has 3 aliphatic rings. The molecule has 2 amide bonds. The van der Waals surface area contributed by atoms with E-state index in [1.807, 2.05) is 51.1 Å². The van der Waals surface area contributed by atoms with Gasteiger partial charge in [0.15, 0.2) is 0 Å². The first kappa shape index (κ1) is 28.9. The number of carbonyl (C=O) groups excluding carboxylic acids is 2. The fraction of sp³-hybridized carbons (Fsp3) is 0.679. The molecule has 3 aliphatic heterocycles. The molecule has 1 aromatic rings. The van der Waals surface area contributed by atoms with Gasteiger partial charge in [0, 0.05) is 43.6 Å². The summed E-state index contributed by atoms with van der Waals surface area (Å²) in [6.07, 6.45) is 3.62. The minimum Gasteiger partial charge on any atom is -0.598 e. The SMILES string of the molecule is Cc1cc(N(C)C(=O)OC(C)(C)C)cc(C)c1CC[S+]([O-])N1CCC2(CC1)N=C(C1CCCN1C)NC2=O. The van der Waals surface area contributed by atoms with E-state index in [-0.39, 0.29) is 11.9 Å². The summed E-state index contributed by atoms with van der Waals surface area (Å²) in [6, 6.07) is 4.17. The van der Waals surface area contributed by atoms with E-state index in [1.54, 1.807) is 7.05 Å². The molecule has 3 heterocycles. The lowest BCUT2D eigenvalue weighted by atomic mass is 9.89. The first-order valence-electron chi connectivity index (χ1n) is 13.6. The first-order chi connectivity index (χ1) is 17.8.